The van der Waals surface area contributed by atoms with E-state index in [9.17, 15) is 5.26 Å². The highest BCUT2D eigenvalue weighted by Crippen LogP contribution is 2.40. The lowest BCUT2D eigenvalue weighted by Gasteiger charge is -2.25. The zero-order valence-corrected chi connectivity index (χ0v) is 27.4. The molecule has 0 aliphatic carbocycles. The van der Waals surface area contributed by atoms with Gasteiger partial charge in [-0.15, -0.1) is 0 Å². The number of hydrogen-bond donors (Lipinski definition) is 0. The first-order chi connectivity index (χ1) is 24.0. The Hall–Kier alpha value is -6.68. The first-order valence-electron chi connectivity index (χ1n) is 16.3. The lowest BCUT2D eigenvalue weighted by atomic mass is 9.93. The molecule has 0 amide bonds. The number of para-hydroxylation sites is 1. The first kappa shape index (κ1) is 30.9. The molecule has 7 rings (SSSR count). The minimum atomic E-state index is 0.565. The van der Waals surface area contributed by atoms with E-state index in [1.807, 2.05) is 42.5 Å². The number of benzene rings is 7. The Bertz CT molecular complexity index is 2440. The Kier molecular flexibility index (Phi) is 8.58. The van der Waals surface area contributed by atoms with Crippen LogP contribution in [0, 0.1) is 31.8 Å². The summed E-state index contributed by atoms with van der Waals surface area (Å²) < 4.78 is 0. The summed E-state index contributed by atoms with van der Waals surface area (Å²) in [7, 11) is 0. The number of rotatable bonds is 7. The Morgan fingerprint density at radius 3 is 1.53 bits per heavy atom. The Labute approximate surface area is 287 Å². The van der Waals surface area contributed by atoms with E-state index in [0.717, 1.165) is 60.9 Å². The van der Waals surface area contributed by atoms with Crippen LogP contribution in [0.3, 0.4) is 0 Å². The molecule has 0 atom stereocenters. The summed E-state index contributed by atoms with van der Waals surface area (Å²) in [4.78, 5) is 6.22. The number of aryl methyl sites for hydroxylation is 2. The van der Waals surface area contributed by atoms with Crippen LogP contribution in [0.15, 0.2) is 140 Å². The molecule has 0 heterocycles. The molecule has 0 aliphatic rings. The summed E-state index contributed by atoms with van der Waals surface area (Å²) in [5.74, 6) is 0. The molecule has 3 heteroatoms. The third-order valence-electron chi connectivity index (χ3n) is 8.83. The fourth-order valence-corrected chi connectivity index (χ4v) is 6.20. The van der Waals surface area contributed by atoms with Crippen molar-refractivity contribution in [3.8, 4) is 6.07 Å². The van der Waals surface area contributed by atoms with Crippen LogP contribution in [-0.2, 0) is 0 Å². The number of nitriles is 1. The molecule has 3 nitrogen and oxygen atoms in total. The number of fused-ring (bicyclic) bond motifs is 2. The molecule has 0 spiro atoms. The minimum Gasteiger partial charge on any atom is -0.311 e. The van der Waals surface area contributed by atoms with Crippen molar-refractivity contribution in [1.29, 1.82) is 5.26 Å². The van der Waals surface area contributed by atoms with Crippen LogP contribution in [0.5, 0.6) is 0 Å². The molecule has 232 valence electrons. The molecular weight excluding hydrogens is 595 g/mol. The van der Waals surface area contributed by atoms with Crippen LogP contribution < -0.4 is 4.90 Å². The fourth-order valence-electron chi connectivity index (χ4n) is 6.20. The molecule has 0 aliphatic heterocycles. The van der Waals surface area contributed by atoms with Crippen molar-refractivity contribution in [1.82, 2.24) is 0 Å². The third kappa shape index (κ3) is 6.48. The van der Waals surface area contributed by atoms with Crippen LogP contribution in [-0.4, -0.2) is 0 Å². The van der Waals surface area contributed by atoms with E-state index in [-0.39, 0.29) is 0 Å². The summed E-state index contributed by atoms with van der Waals surface area (Å²) in [6.07, 6.45) is 8.26. The number of nitrogens with zero attached hydrogens (tertiary/aromatic N) is 3. The van der Waals surface area contributed by atoms with Gasteiger partial charge in [0.2, 0.25) is 5.69 Å². The highest BCUT2D eigenvalue weighted by atomic mass is 15.1. The van der Waals surface area contributed by atoms with Gasteiger partial charge in [-0.3, -0.25) is 0 Å². The smallest absolute Gasteiger partial charge is 0.202 e. The predicted molar refractivity (Wildman–Crippen MR) is 207 cm³/mol. The first-order valence-corrected chi connectivity index (χ1v) is 16.3. The second-order valence-electron chi connectivity index (χ2n) is 12.2. The van der Waals surface area contributed by atoms with E-state index in [0.29, 0.717) is 11.3 Å². The van der Waals surface area contributed by atoms with Crippen molar-refractivity contribution in [2.75, 3.05) is 4.90 Å². The molecule has 7 aromatic carbocycles. The Morgan fingerprint density at radius 1 is 0.510 bits per heavy atom. The molecule has 0 unspecified atom stereocenters. The zero-order valence-electron chi connectivity index (χ0n) is 27.4. The number of hydrogen-bond acceptors (Lipinski definition) is 2. The molecule has 0 fully saturated rings. The van der Waals surface area contributed by atoms with Gasteiger partial charge in [0.15, 0.2) is 0 Å². The van der Waals surface area contributed by atoms with Gasteiger partial charge >= 0.3 is 0 Å². The summed E-state index contributed by atoms with van der Waals surface area (Å²) in [6, 6.07) is 50.3. The zero-order chi connectivity index (χ0) is 33.7. The lowest BCUT2D eigenvalue weighted by molar-refractivity contribution is 1.27. The van der Waals surface area contributed by atoms with E-state index in [4.69, 9.17) is 6.57 Å². The topological polar surface area (TPSA) is 31.4 Å². The quantitative estimate of drug-likeness (QED) is 0.100. The average molecular weight is 628 g/mol. The molecule has 0 bridgehead atoms. The van der Waals surface area contributed by atoms with Crippen molar-refractivity contribution in [3.05, 3.63) is 190 Å². The molecule has 0 saturated carbocycles. The van der Waals surface area contributed by atoms with Crippen LogP contribution in [0.2, 0.25) is 0 Å². The van der Waals surface area contributed by atoms with Gasteiger partial charge in [0.1, 0.15) is 6.07 Å². The summed E-state index contributed by atoms with van der Waals surface area (Å²) >= 11 is 0. The Balaban J connectivity index is 1.20. The van der Waals surface area contributed by atoms with Gasteiger partial charge in [0.25, 0.3) is 0 Å². The molecule has 0 aromatic heterocycles. The van der Waals surface area contributed by atoms with Crippen LogP contribution >= 0.6 is 0 Å². The molecule has 0 radical (unpaired) electrons. The van der Waals surface area contributed by atoms with E-state index in [2.05, 4.69) is 151 Å². The maximum atomic E-state index is 10.3. The van der Waals surface area contributed by atoms with Gasteiger partial charge in [-0.1, -0.05) is 132 Å². The van der Waals surface area contributed by atoms with Crippen molar-refractivity contribution in [2.45, 2.75) is 13.8 Å². The van der Waals surface area contributed by atoms with Gasteiger partial charge in [-0.25, -0.2) is 4.85 Å². The Morgan fingerprint density at radius 2 is 0.959 bits per heavy atom. The highest BCUT2D eigenvalue weighted by Gasteiger charge is 2.15. The summed E-state index contributed by atoms with van der Waals surface area (Å²) in [5.41, 5.74) is 11.0. The number of anilines is 3. The van der Waals surface area contributed by atoms with Crippen LogP contribution in [0.4, 0.5) is 22.7 Å². The van der Waals surface area contributed by atoms with Crippen molar-refractivity contribution in [3.63, 3.8) is 0 Å². The van der Waals surface area contributed by atoms with E-state index >= 15 is 0 Å². The SMILES string of the molecule is [C-]#[N+]c1c2ccc(C=Cc3ccc(C)cc3)cc2c(C#N)c2ccc(C=Cc3ccc(N(c4ccccc4)c4ccc(C)cc4)cc3)cc12. The van der Waals surface area contributed by atoms with Crippen molar-refractivity contribution >= 4 is 68.6 Å². The molecule has 7 aromatic rings. The third-order valence-corrected chi connectivity index (χ3v) is 8.83. The highest BCUT2D eigenvalue weighted by molar-refractivity contribution is 6.16. The maximum Gasteiger partial charge on any atom is 0.202 e. The summed E-state index contributed by atoms with van der Waals surface area (Å²) in [6.45, 7) is 12.3. The van der Waals surface area contributed by atoms with Crippen molar-refractivity contribution < 1.29 is 0 Å². The second kappa shape index (κ2) is 13.6. The average Bonchev–Trinajstić information content (AvgIpc) is 3.14. The monoisotopic (exact) mass is 627 g/mol. The normalized spacial score (nSPS) is 11.3. The van der Waals surface area contributed by atoms with Gasteiger partial charge < -0.3 is 4.90 Å². The molecule has 49 heavy (non-hydrogen) atoms. The second-order valence-corrected chi connectivity index (χ2v) is 12.2. The fraction of sp³-hybridized carbons (Fsp3) is 0.0435. The van der Waals surface area contributed by atoms with Gasteiger partial charge in [-0.2, -0.15) is 5.26 Å². The molecule has 0 saturated heterocycles. The maximum absolute atomic E-state index is 10.3. The molecule has 0 N–H and O–H groups in total. The van der Waals surface area contributed by atoms with E-state index in [1.54, 1.807) is 0 Å². The summed E-state index contributed by atoms with van der Waals surface area (Å²) in [5, 5.41) is 13.5. The van der Waals surface area contributed by atoms with Crippen LogP contribution in [0.25, 0.3) is 50.7 Å². The lowest BCUT2D eigenvalue weighted by Crippen LogP contribution is -2.09. The van der Waals surface area contributed by atoms with E-state index in [1.165, 1.54) is 11.1 Å². The standard InChI is InChI=1S/C46H33N3/c1-32-9-13-34(14-10-32)15-17-36-22-28-42-43(29-36)45(31-47)41-27-21-37(30-44(41)46(42)48-3)18-16-35-19-25-40(26-20-35)49(38-7-5-4-6-8-38)39-23-11-33(2)12-24-39/h4-30H,1-2H3. The van der Waals surface area contributed by atoms with Gasteiger partial charge in [0, 0.05) is 17.1 Å². The molecular formula is C46H33N3. The predicted octanol–water partition coefficient (Wildman–Crippen LogP) is 12.8. The minimum absolute atomic E-state index is 0.565. The van der Waals surface area contributed by atoms with Gasteiger partial charge in [-0.05, 0) is 100 Å². The van der Waals surface area contributed by atoms with Crippen LogP contribution in [0.1, 0.15) is 38.9 Å². The largest absolute Gasteiger partial charge is 0.311 e. The van der Waals surface area contributed by atoms with Gasteiger partial charge in [0.05, 0.1) is 12.1 Å². The van der Waals surface area contributed by atoms with Crippen molar-refractivity contribution in [2.24, 2.45) is 0 Å². The van der Waals surface area contributed by atoms with E-state index < -0.39 is 0 Å².